The first kappa shape index (κ1) is 12.6. The molecule has 3 nitrogen and oxygen atoms in total. The Morgan fingerprint density at radius 3 is 2.79 bits per heavy atom. The Kier molecular flexibility index (Phi) is 3.53. The van der Waals surface area contributed by atoms with E-state index in [4.69, 9.17) is 0 Å². The summed E-state index contributed by atoms with van der Waals surface area (Å²) in [6.45, 7) is 2.70. The molecule has 0 saturated heterocycles. The summed E-state index contributed by atoms with van der Waals surface area (Å²) in [5.41, 5.74) is 1.89. The van der Waals surface area contributed by atoms with Crippen molar-refractivity contribution >= 4 is 17.0 Å². The van der Waals surface area contributed by atoms with E-state index in [9.17, 15) is 5.11 Å². The highest BCUT2D eigenvalue weighted by Gasteiger charge is 2.29. The van der Waals surface area contributed by atoms with Gasteiger partial charge in [0, 0.05) is 10.9 Å². The van der Waals surface area contributed by atoms with Crippen molar-refractivity contribution in [3.63, 3.8) is 0 Å². The van der Waals surface area contributed by atoms with E-state index in [1.54, 1.807) is 18.3 Å². The Morgan fingerprint density at radius 2 is 2.26 bits per heavy atom. The number of aliphatic hydroxyl groups excluding tert-OH is 1. The molecule has 19 heavy (non-hydrogen) atoms. The zero-order valence-electron chi connectivity index (χ0n) is 11.0. The van der Waals surface area contributed by atoms with Crippen LogP contribution in [0.5, 0.6) is 0 Å². The van der Waals surface area contributed by atoms with Crippen LogP contribution in [-0.2, 0) is 6.54 Å². The van der Waals surface area contributed by atoms with Crippen LogP contribution in [0.4, 0.5) is 5.69 Å². The topological polar surface area (TPSA) is 36.4 Å². The van der Waals surface area contributed by atoms with Crippen LogP contribution in [0.3, 0.4) is 0 Å². The molecule has 2 aromatic rings. The lowest BCUT2D eigenvalue weighted by Crippen LogP contribution is -2.24. The molecule has 1 aliphatic carbocycles. The SMILES string of the molecule is CC(O)c1ccc(N(Cc2cccs2)C2CC2)cn1. The highest BCUT2D eigenvalue weighted by Crippen LogP contribution is 2.33. The standard InChI is InChI=1S/C15H18N2OS/c1-11(18)15-7-6-13(9-16-15)17(12-4-5-12)10-14-3-2-8-19-14/h2-3,6-9,11-12,18H,4-5,10H2,1H3. The van der Waals surface area contributed by atoms with Gasteiger partial charge in [-0.25, -0.2) is 0 Å². The molecule has 0 bridgehead atoms. The van der Waals surface area contributed by atoms with Crippen molar-refractivity contribution in [3.05, 3.63) is 46.4 Å². The molecule has 100 valence electrons. The van der Waals surface area contributed by atoms with Gasteiger partial charge in [0.25, 0.3) is 0 Å². The van der Waals surface area contributed by atoms with Gasteiger partial charge < -0.3 is 10.0 Å². The Hall–Kier alpha value is -1.39. The molecule has 0 aromatic carbocycles. The zero-order chi connectivity index (χ0) is 13.2. The number of hydrogen-bond donors (Lipinski definition) is 1. The van der Waals surface area contributed by atoms with Gasteiger partial charge >= 0.3 is 0 Å². The summed E-state index contributed by atoms with van der Waals surface area (Å²) < 4.78 is 0. The van der Waals surface area contributed by atoms with E-state index >= 15 is 0 Å². The molecule has 1 fully saturated rings. The van der Waals surface area contributed by atoms with Gasteiger partial charge in [-0.2, -0.15) is 0 Å². The maximum absolute atomic E-state index is 9.51. The van der Waals surface area contributed by atoms with Gasteiger partial charge in [-0.3, -0.25) is 4.98 Å². The van der Waals surface area contributed by atoms with E-state index in [-0.39, 0.29) is 0 Å². The maximum atomic E-state index is 9.51. The molecule has 0 amide bonds. The molecular formula is C15H18N2OS. The predicted molar refractivity (Wildman–Crippen MR) is 78.4 cm³/mol. The third kappa shape index (κ3) is 2.96. The second kappa shape index (κ2) is 5.31. The number of aromatic nitrogens is 1. The summed E-state index contributed by atoms with van der Waals surface area (Å²) in [6, 6.07) is 8.92. The highest BCUT2D eigenvalue weighted by atomic mass is 32.1. The summed E-state index contributed by atoms with van der Waals surface area (Å²) in [5, 5.41) is 11.6. The Morgan fingerprint density at radius 1 is 1.42 bits per heavy atom. The third-order valence-electron chi connectivity index (χ3n) is 3.42. The first-order valence-electron chi connectivity index (χ1n) is 6.67. The van der Waals surface area contributed by atoms with Gasteiger partial charge in [0.15, 0.2) is 0 Å². The first-order chi connectivity index (χ1) is 9.24. The largest absolute Gasteiger partial charge is 0.387 e. The van der Waals surface area contributed by atoms with Crippen molar-refractivity contribution in [3.8, 4) is 0 Å². The quantitative estimate of drug-likeness (QED) is 0.908. The van der Waals surface area contributed by atoms with Crippen LogP contribution >= 0.6 is 11.3 Å². The number of aliphatic hydroxyl groups is 1. The van der Waals surface area contributed by atoms with E-state index in [0.29, 0.717) is 6.04 Å². The van der Waals surface area contributed by atoms with Gasteiger partial charge in [-0.1, -0.05) is 6.07 Å². The van der Waals surface area contributed by atoms with Gasteiger partial charge in [0.1, 0.15) is 0 Å². The molecule has 1 unspecified atom stereocenters. The summed E-state index contributed by atoms with van der Waals surface area (Å²) in [6.07, 6.45) is 3.92. The first-order valence-corrected chi connectivity index (χ1v) is 7.55. The molecule has 1 saturated carbocycles. The van der Waals surface area contributed by atoms with Crippen molar-refractivity contribution in [1.82, 2.24) is 4.98 Å². The fraction of sp³-hybridized carbons (Fsp3) is 0.400. The van der Waals surface area contributed by atoms with Crippen LogP contribution in [0.25, 0.3) is 0 Å². The summed E-state index contributed by atoms with van der Waals surface area (Å²) in [4.78, 5) is 8.15. The van der Waals surface area contributed by atoms with Crippen LogP contribution in [0.1, 0.15) is 36.4 Å². The van der Waals surface area contributed by atoms with Gasteiger partial charge in [0.05, 0.1) is 30.2 Å². The minimum Gasteiger partial charge on any atom is -0.387 e. The fourth-order valence-corrected chi connectivity index (χ4v) is 2.91. The van der Waals surface area contributed by atoms with E-state index in [1.165, 1.54) is 17.7 Å². The number of rotatable bonds is 5. The van der Waals surface area contributed by atoms with E-state index in [0.717, 1.165) is 17.9 Å². The Labute approximate surface area is 117 Å². The molecule has 2 aromatic heterocycles. The summed E-state index contributed by atoms with van der Waals surface area (Å²) in [7, 11) is 0. The van der Waals surface area contributed by atoms with Gasteiger partial charge in [-0.15, -0.1) is 11.3 Å². The minimum atomic E-state index is -0.499. The lowest BCUT2D eigenvalue weighted by atomic mass is 10.2. The van der Waals surface area contributed by atoms with Crippen molar-refractivity contribution in [2.24, 2.45) is 0 Å². The molecule has 1 N–H and O–H groups in total. The lowest BCUT2D eigenvalue weighted by molar-refractivity contribution is 0.194. The van der Waals surface area contributed by atoms with Crippen LogP contribution in [0, 0.1) is 0 Å². The van der Waals surface area contributed by atoms with Gasteiger partial charge in [0.2, 0.25) is 0 Å². The normalized spacial score (nSPS) is 16.3. The van der Waals surface area contributed by atoms with Crippen molar-refractivity contribution in [1.29, 1.82) is 0 Å². The maximum Gasteiger partial charge on any atom is 0.0931 e. The Bertz CT molecular complexity index is 518. The van der Waals surface area contributed by atoms with Crippen molar-refractivity contribution in [2.45, 2.75) is 38.5 Å². The third-order valence-corrected chi connectivity index (χ3v) is 4.29. The summed E-state index contributed by atoms with van der Waals surface area (Å²) in [5.74, 6) is 0. The van der Waals surface area contributed by atoms with Crippen LogP contribution < -0.4 is 4.90 Å². The molecule has 2 heterocycles. The van der Waals surface area contributed by atoms with E-state index < -0.39 is 6.10 Å². The lowest BCUT2D eigenvalue weighted by Gasteiger charge is -2.24. The number of pyridine rings is 1. The highest BCUT2D eigenvalue weighted by molar-refractivity contribution is 7.09. The molecule has 1 aliphatic rings. The monoisotopic (exact) mass is 274 g/mol. The predicted octanol–water partition coefficient (Wildman–Crippen LogP) is 3.37. The number of nitrogens with zero attached hydrogens (tertiary/aromatic N) is 2. The summed E-state index contributed by atoms with van der Waals surface area (Å²) >= 11 is 1.80. The van der Waals surface area contributed by atoms with Crippen LogP contribution in [-0.4, -0.2) is 16.1 Å². The molecule has 0 radical (unpaired) electrons. The molecule has 1 atom stereocenters. The van der Waals surface area contributed by atoms with Crippen LogP contribution in [0.15, 0.2) is 35.8 Å². The smallest absolute Gasteiger partial charge is 0.0931 e. The molecule has 0 spiro atoms. The zero-order valence-corrected chi connectivity index (χ0v) is 11.8. The number of anilines is 1. The van der Waals surface area contributed by atoms with Crippen LogP contribution in [0.2, 0.25) is 0 Å². The number of hydrogen-bond acceptors (Lipinski definition) is 4. The van der Waals surface area contributed by atoms with Crippen molar-refractivity contribution in [2.75, 3.05) is 4.90 Å². The van der Waals surface area contributed by atoms with Crippen molar-refractivity contribution < 1.29 is 5.11 Å². The average Bonchev–Trinajstić information content (AvgIpc) is 3.13. The molecule has 4 heteroatoms. The average molecular weight is 274 g/mol. The van der Waals surface area contributed by atoms with Gasteiger partial charge in [-0.05, 0) is 43.3 Å². The fourth-order valence-electron chi connectivity index (χ4n) is 2.20. The minimum absolute atomic E-state index is 0.499. The second-order valence-corrected chi connectivity index (χ2v) is 6.09. The molecule has 0 aliphatic heterocycles. The Balaban J connectivity index is 1.79. The second-order valence-electron chi connectivity index (χ2n) is 5.06. The van der Waals surface area contributed by atoms with E-state index in [1.807, 2.05) is 12.3 Å². The molecule has 3 rings (SSSR count). The number of thiophene rings is 1. The molecular weight excluding hydrogens is 256 g/mol. The van der Waals surface area contributed by atoms with E-state index in [2.05, 4.69) is 33.5 Å².